The average Bonchev–Trinajstić information content (AvgIpc) is 2.76. The molecule has 3 N–H and O–H groups in total. The normalized spacial score (nSPS) is 13.1. The highest BCUT2D eigenvalue weighted by molar-refractivity contribution is 5.78. The number of fused-ring (bicyclic) bond motifs is 1. The Bertz CT molecular complexity index is 578. The standard InChI is InChI=1S/C15H23N3O2/c1-10(2)8-12(16)15-17-13-9-11(20-3)4-5-14(13)18(15)6-7-19/h4-5,9-10,12,19H,6-8,16H2,1-3H3. The van der Waals surface area contributed by atoms with Gasteiger partial charge >= 0.3 is 0 Å². The first-order valence-corrected chi connectivity index (χ1v) is 6.97. The van der Waals surface area contributed by atoms with Gasteiger partial charge in [0.2, 0.25) is 0 Å². The maximum absolute atomic E-state index is 9.27. The van der Waals surface area contributed by atoms with Crippen LogP contribution in [0.15, 0.2) is 18.2 Å². The highest BCUT2D eigenvalue weighted by Gasteiger charge is 2.18. The van der Waals surface area contributed by atoms with Crippen molar-refractivity contribution in [2.45, 2.75) is 32.9 Å². The van der Waals surface area contributed by atoms with Gasteiger partial charge in [0, 0.05) is 12.6 Å². The molecule has 2 aromatic rings. The van der Waals surface area contributed by atoms with Crippen molar-refractivity contribution in [3.05, 3.63) is 24.0 Å². The number of ether oxygens (including phenoxy) is 1. The second-order valence-corrected chi connectivity index (χ2v) is 5.44. The molecular weight excluding hydrogens is 254 g/mol. The van der Waals surface area contributed by atoms with Gasteiger partial charge in [-0.05, 0) is 24.5 Å². The molecule has 0 amide bonds. The number of aliphatic hydroxyl groups is 1. The van der Waals surface area contributed by atoms with E-state index in [1.807, 2.05) is 22.8 Å². The van der Waals surface area contributed by atoms with Gasteiger partial charge in [-0.15, -0.1) is 0 Å². The zero-order chi connectivity index (χ0) is 14.7. The quantitative estimate of drug-likeness (QED) is 0.848. The maximum atomic E-state index is 9.27. The fourth-order valence-electron chi connectivity index (χ4n) is 2.49. The van der Waals surface area contributed by atoms with Crippen LogP contribution in [0.4, 0.5) is 0 Å². The van der Waals surface area contributed by atoms with Crippen LogP contribution in [0.1, 0.15) is 32.1 Å². The summed E-state index contributed by atoms with van der Waals surface area (Å²) < 4.78 is 7.23. The molecule has 0 saturated carbocycles. The summed E-state index contributed by atoms with van der Waals surface area (Å²) in [5.41, 5.74) is 8.10. The first-order chi connectivity index (χ1) is 9.56. The van der Waals surface area contributed by atoms with E-state index in [-0.39, 0.29) is 12.6 Å². The molecule has 20 heavy (non-hydrogen) atoms. The maximum Gasteiger partial charge on any atom is 0.126 e. The molecule has 0 saturated heterocycles. The summed E-state index contributed by atoms with van der Waals surface area (Å²) in [5.74, 6) is 2.10. The van der Waals surface area contributed by atoms with E-state index in [4.69, 9.17) is 10.5 Å². The van der Waals surface area contributed by atoms with Gasteiger partial charge in [0.15, 0.2) is 0 Å². The number of aliphatic hydroxyl groups excluding tert-OH is 1. The molecule has 1 aromatic carbocycles. The predicted molar refractivity (Wildman–Crippen MR) is 79.8 cm³/mol. The molecule has 0 bridgehead atoms. The van der Waals surface area contributed by atoms with Crippen molar-refractivity contribution in [1.82, 2.24) is 9.55 Å². The van der Waals surface area contributed by atoms with Crippen LogP contribution in [0.3, 0.4) is 0 Å². The lowest BCUT2D eigenvalue weighted by Gasteiger charge is -2.15. The lowest BCUT2D eigenvalue weighted by Crippen LogP contribution is -2.19. The van der Waals surface area contributed by atoms with Crippen LogP contribution in [-0.2, 0) is 6.54 Å². The Balaban J connectivity index is 2.48. The van der Waals surface area contributed by atoms with Crippen LogP contribution >= 0.6 is 0 Å². The first kappa shape index (κ1) is 14.8. The Hall–Kier alpha value is -1.59. The molecule has 5 heteroatoms. The smallest absolute Gasteiger partial charge is 0.126 e. The number of hydrogen-bond acceptors (Lipinski definition) is 4. The average molecular weight is 277 g/mol. The van der Waals surface area contributed by atoms with Crippen LogP contribution < -0.4 is 10.5 Å². The van der Waals surface area contributed by atoms with E-state index >= 15 is 0 Å². The minimum absolute atomic E-state index is 0.0683. The van der Waals surface area contributed by atoms with Crippen molar-refractivity contribution in [3.63, 3.8) is 0 Å². The van der Waals surface area contributed by atoms with Crippen molar-refractivity contribution < 1.29 is 9.84 Å². The lowest BCUT2D eigenvalue weighted by molar-refractivity contribution is 0.274. The SMILES string of the molecule is COc1ccc2c(c1)nc(C(N)CC(C)C)n2CCO. The number of nitrogens with two attached hydrogens (primary N) is 1. The summed E-state index contributed by atoms with van der Waals surface area (Å²) in [6.07, 6.45) is 0.867. The summed E-state index contributed by atoms with van der Waals surface area (Å²) in [6.45, 7) is 4.85. The van der Waals surface area contributed by atoms with Gasteiger partial charge < -0.3 is 20.1 Å². The van der Waals surface area contributed by atoms with E-state index in [2.05, 4.69) is 18.8 Å². The third-order valence-electron chi connectivity index (χ3n) is 3.37. The van der Waals surface area contributed by atoms with E-state index in [9.17, 15) is 5.11 Å². The number of methoxy groups -OCH3 is 1. The van der Waals surface area contributed by atoms with Crippen molar-refractivity contribution in [3.8, 4) is 5.75 Å². The molecule has 2 rings (SSSR count). The van der Waals surface area contributed by atoms with Crippen LogP contribution in [0.2, 0.25) is 0 Å². The Labute approximate surface area is 119 Å². The highest BCUT2D eigenvalue weighted by atomic mass is 16.5. The molecule has 1 atom stereocenters. The molecular formula is C15H23N3O2. The second kappa shape index (κ2) is 6.24. The van der Waals surface area contributed by atoms with E-state index in [1.165, 1.54) is 0 Å². The second-order valence-electron chi connectivity index (χ2n) is 5.44. The summed E-state index contributed by atoms with van der Waals surface area (Å²) >= 11 is 0. The molecule has 5 nitrogen and oxygen atoms in total. The van der Waals surface area contributed by atoms with E-state index < -0.39 is 0 Å². The minimum atomic E-state index is -0.125. The van der Waals surface area contributed by atoms with Gasteiger partial charge in [-0.3, -0.25) is 0 Å². The Morgan fingerprint density at radius 2 is 2.15 bits per heavy atom. The van der Waals surface area contributed by atoms with Gasteiger partial charge in [-0.25, -0.2) is 4.98 Å². The van der Waals surface area contributed by atoms with E-state index in [0.717, 1.165) is 29.0 Å². The Morgan fingerprint density at radius 1 is 1.40 bits per heavy atom. The summed E-state index contributed by atoms with van der Waals surface area (Å²) in [6, 6.07) is 5.63. The monoisotopic (exact) mass is 277 g/mol. The zero-order valence-electron chi connectivity index (χ0n) is 12.3. The van der Waals surface area contributed by atoms with Gasteiger partial charge in [-0.1, -0.05) is 13.8 Å². The summed E-state index contributed by atoms with van der Waals surface area (Å²) in [5, 5.41) is 9.27. The molecule has 1 heterocycles. The number of imidazole rings is 1. The van der Waals surface area contributed by atoms with Gasteiger partial charge in [-0.2, -0.15) is 0 Å². The van der Waals surface area contributed by atoms with Crippen molar-refractivity contribution in [2.24, 2.45) is 11.7 Å². The number of aromatic nitrogens is 2. The number of hydrogen-bond donors (Lipinski definition) is 2. The molecule has 0 aliphatic heterocycles. The van der Waals surface area contributed by atoms with Gasteiger partial charge in [0.1, 0.15) is 11.6 Å². The first-order valence-electron chi connectivity index (χ1n) is 6.97. The third-order valence-corrected chi connectivity index (χ3v) is 3.37. The number of benzene rings is 1. The molecule has 0 aliphatic carbocycles. The van der Waals surface area contributed by atoms with Crippen molar-refractivity contribution >= 4 is 11.0 Å². The van der Waals surface area contributed by atoms with Crippen LogP contribution in [-0.4, -0.2) is 28.4 Å². The fraction of sp³-hybridized carbons (Fsp3) is 0.533. The van der Waals surface area contributed by atoms with Gasteiger partial charge in [0.25, 0.3) is 0 Å². The summed E-state index contributed by atoms with van der Waals surface area (Å²) in [7, 11) is 1.64. The highest BCUT2D eigenvalue weighted by Crippen LogP contribution is 2.26. The molecule has 110 valence electrons. The largest absolute Gasteiger partial charge is 0.497 e. The fourth-order valence-corrected chi connectivity index (χ4v) is 2.49. The lowest BCUT2D eigenvalue weighted by atomic mass is 10.0. The van der Waals surface area contributed by atoms with Crippen molar-refractivity contribution in [2.75, 3.05) is 13.7 Å². The van der Waals surface area contributed by atoms with Gasteiger partial charge in [0.05, 0.1) is 30.8 Å². The third kappa shape index (κ3) is 2.94. The van der Waals surface area contributed by atoms with E-state index in [0.29, 0.717) is 12.5 Å². The predicted octanol–water partition coefficient (Wildman–Crippen LogP) is 2.08. The molecule has 0 radical (unpaired) electrons. The molecule has 0 aliphatic rings. The minimum Gasteiger partial charge on any atom is -0.497 e. The molecule has 1 aromatic heterocycles. The van der Waals surface area contributed by atoms with Crippen LogP contribution in [0.5, 0.6) is 5.75 Å². The molecule has 0 fully saturated rings. The summed E-state index contributed by atoms with van der Waals surface area (Å²) in [4.78, 5) is 4.64. The van der Waals surface area contributed by atoms with E-state index in [1.54, 1.807) is 7.11 Å². The number of rotatable bonds is 6. The van der Waals surface area contributed by atoms with Crippen LogP contribution in [0, 0.1) is 5.92 Å². The topological polar surface area (TPSA) is 73.3 Å². The molecule has 1 unspecified atom stereocenters. The Morgan fingerprint density at radius 3 is 2.75 bits per heavy atom. The van der Waals surface area contributed by atoms with Crippen LogP contribution in [0.25, 0.3) is 11.0 Å². The Kier molecular flexibility index (Phi) is 4.62. The molecule has 0 spiro atoms. The number of nitrogens with zero attached hydrogens (tertiary/aromatic N) is 2. The van der Waals surface area contributed by atoms with Crippen molar-refractivity contribution in [1.29, 1.82) is 0 Å². The zero-order valence-corrected chi connectivity index (χ0v) is 12.3.